The molecule has 0 saturated heterocycles. The van der Waals surface area contributed by atoms with Crippen LogP contribution in [-0.4, -0.2) is 18.8 Å². The van der Waals surface area contributed by atoms with Crippen molar-refractivity contribution in [1.82, 2.24) is 4.98 Å². The monoisotopic (exact) mass is 257 g/mol. The molecule has 0 atom stereocenters. The molecule has 0 amide bonds. The van der Waals surface area contributed by atoms with Crippen molar-refractivity contribution in [2.75, 3.05) is 12.8 Å². The topological polar surface area (TPSA) is 89.1 Å². The van der Waals surface area contributed by atoms with Crippen LogP contribution in [0.5, 0.6) is 0 Å². The fourth-order valence-electron chi connectivity index (χ4n) is 1.41. The number of nitrogens with two attached hydrogens (primary N) is 1. The maximum atomic E-state index is 5.56. The van der Waals surface area contributed by atoms with Crippen LogP contribution in [-0.2, 0) is 0 Å². The quantitative estimate of drug-likeness (QED) is 0.514. The predicted octanol–water partition coefficient (Wildman–Crippen LogP) is 1.76. The summed E-state index contributed by atoms with van der Waals surface area (Å²) in [4.78, 5) is 12.9. The molecule has 0 fully saturated rings. The Morgan fingerprint density at radius 3 is 2.84 bits per heavy atom. The summed E-state index contributed by atoms with van der Waals surface area (Å²) in [5.41, 5.74) is 6.04. The zero-order valence-electron chi connectivity index (χ0n) is 10.4. The van der Waals surface area contributed by atoms with Crippen LogP contribution in [0, 0.1) is 0 Å². The second-order valence-electron chi connectivity index (χ2n) is 3.50. The van der Waals surface area contributed by atoms with Crippen LogP contribution >= 0.6 is 0 Å². The van der Waals surface area contributed by atoms with E-state index in [1.54, 1.807) is 31.5 Å². The molecular formula is C12H13N6O+. The molecule has 0 saturated carbocycles. The largest absolute Gasteiger partial charge is 0.388 e. The number of aliphatic imine (C=N–C) groups is 1. The minimum atomic E-state index is 0.337. The van der Waals surface area contributed by atoms with Gasteiger partial charge in [-0.05, 0) is 40.8 Å². The maximum absolute atomic E-state index is 5.56. The van der Waals surface area contributed by atoms with Gasteiger partial charge in [0, 0.05) is 6.07 Å². The maximum Gasteiger partial charge on any atom is 0.388 e. The van der Waals surface area contributed by atoms with E-state index in [1.165, 1.54) is 4.73 Å². The number of nitrogen functional groups attached to an aromatic ring is 1. The van der Waals surface area contributed by atoms with Gasteiger partial charge in [-0.2, -0.15) is 0 Å². The highest BCUT2D eigenvalue weighted by atomic mass is 16.6. The summed E-state index contributed by atoms with van der Waals surface area (Å²) in [5, 5.41) is 8.15. The second-order valence-corrected chi connectivity index (χ2v) is 3.50. The van der Waals surface area contributed by atoms with Crippen molar-refractivity contribution in [1.29, 1.82) is 0 Å². The van der Waals surface area contributed by atoms with Crippen LogP contribution < -0.4 is 15.3 Å². The fraction of sp³-hybridized carbons (Fsp3) is 0.0833. The standard InChI is InChI=1S/C12H12N6O/c1-14-12-9(6-7-10(13)15-12)16-17-11-5-3-4-8-18(11)19-2/h3-8,13H,1H2,2H3/p+1. The van der Waals surface area contributed by atoms with E-state index in [9.17, 15) is 0 Å². The van der Waals surface area contributed by atoms with E-state index in [4.69, 9.17) is 10.6 Å². The van der Waals surface area contributed by atoms with Crippen LogP contribution in [0.15, 0.2) is 51.7 Å². The fourth-order valence-corrected chi connectivity index (χ4v) is 1.41. The van der Waals surface area contributed by atoms with Crippen molar-refractivity contribution >= 4 is 29.9 Å². The molecular weight excluding hydrogens is 244 g/mol. The van der Waals surface area contributed by atoms with Gasteiger partial charge in [-0.1, -0.05) is 0 Å². The van der Waals surface area contributed by atoms with Gasteiger partial charge in [0.2, 0.25) is 0 Å². The molecule has 7 heteroatoms. The number of anilines is 1. The van der Waals surface area contributed by atoms with E-state index < -0.39 is 0 Å². The number of hydrogen-bond acceptors (Lipinski definition) is 6. The molecule has 19 heavy (non-hydrogen) atoms. The van der Waals surface area contributed by atoms with Crippen LogP contribution in [0.25, 0.3) is 0 Å². The first-order valence-electron chi connectivity index (χ1n) is 5.44. The summed E-state index contributed by atoms with van der Waals surface area (Å²) < 4.78 is 1.48. The van der Waals surface area contributed by atoms with Crippen molar-refractivity contribution in [2.45, 2.75) is 0 Å². The normalized spacial score (nSPS) is 10.6. The highest BCUT2D eigenvalue weighted by Crippen LogP contribution is 2.27. The first-order valence-corrected chi connectivity index (χ1v) is 5.44. The molecule has 2 rings (SSSR count). The average Bonchev–Trinajstić information content (AvgIpc) is 2.46. The molecule has 0 unspecified atom stereocenters. The third-order valence-electron chi connectivity index (χ3n) is 2.29. The van der Waals surface area contributed by atoms with Crippen LogP contribution in [0.3, 0.4) is 0 Å². The van der Waals surface area contributed by atoms with Crippen LogP contribution in [0.1, 0.15) is 0 Å². The van der Waals surface area contributed by atoms with E-state index in [2.05, 4.69) is 26.9 Å². The van der Waals surface area contributed by atoms with Gasteiger partial charge in [0.25, 0.3) is 0 Å². The smallest absolute Gasteiger partial charge is 0.384 e. The summed E-state index contributed by atoms with van der Waals surface area (Å²) in [7, 11) is 1.54. The van der Waals surface area contributed by atoms with Crippen molar-refractivity contribution < 1.29 is 9.57 Å². The predicted molar refractivity (Wildman–Crippen MR) is 71.2 cm³/mol. The van der Waals surface area contributed by atoms with Gasteiger partial charge in [-0.3, -0.25) is 0 Å². The Labute approximate surface area is 110 Å². The zero-order chi connectivity index (χ0) is 13.7. The Kier molecular flexibility index (Phi) is 3.77. The van der Waals surface area contributed by atoms with Gasteiger partial charge >= 0.3 is 5.82 Å². The summed E-state index contributed by atoms with van der Waals surface area (Å²) in [5.74, 6) is 1.23. The molecule has 0 aliphatic heterocycles. The first kappa shape index (κ1) is 12.6. The van der Waals surface area contributed by atoms with Gasteiger partial charge in [-0.25, -0.2) is 9.98 Å². The number of pyridine rings is 2. The number of nitrogens with zero attached hydrogens (tertiary/aromatic N) is 5. The van der Waals surface area contributed by atoms with Crippen molar-refractivity contribution in [2.24, 2.45) is 15.2 Å². The summed E-state index contributed by atoms with van der Waals surface area (Å²) in [6.45, 7) is 3.42. The van der Waals surface area contributed by atoms with Gasteiger partial charge in [0.1, 0.15) is 19.1 Å². The molecule has 0 aliphatic rings. The Morgan fingerprint density at radius 2 is 2.11 bits per heavy atom. The Balaban J connectivity index is 2.35. The van der Waals surface area contributed by atoms with E-state index in [-0.39, 0.29) is 0 Å². The molecule has 96 valence electrons. The van der Waals surface area contributed by atoms with Gasteiger partial charge in [0.15, 0.2) is 11.5 Å². The van der Waals surface area contributed by atoms with Gasteiger partial charge in [-0.15, -0.1) is 0 Å². The Hall–Kier alpha value is -2.83. The first-order chi connectivity index (χ1) is 9.24. The third kappa shape index (κ3) is 2.89. The molecule has 0 aliphatic carbocycles. The highest BCUT2D eigenvalue weighted by Gasteiger charge is 2.10. The molecule has 2 N–H and O–H groups in total. The average molecular weight is 257 g/mol. The molecule has 0 radical (unpaired) electrons. The Bertz CT molecular complexity index is 625. The van der Waals surface area contributed by atoms with Crippen LogP contribution in [0.2, 0.25) is 0 Å². The van der Waals surface area contributed by atoms with Crippen LogP contribution in [0.4, 0.5) is 23.1 Å². The minimum Gasteiger partial charge on any atom is -0.384 e. The van der Waals surface area contributed by atoms with Gasteiger partial charge < -0.3 is 10.6 Å². The summed E-state index contributed by atoms with van der Waals surface area (Å²) >= 11 is 0. The highest BCUT2D eigenvalue weighted by molar-refractivity contribution is 5.62. The van der Waals surface area contributed by atoms with E-state index in [0.29, 0.717) is 23.1 Å². The van der Waals surface area contributed by atoms with Crippen molar-refractivity contribution in [3.8, 4) is 0 Å². The van der Waals surface area contributed by atoms with E-state index >= 15 is 0 Å². The molecule has 2 heterocycles. The lowest BCUT2D eigenvalue weighted by Gasteiger charge is -1.97. The van der Waals surface area contributed by atoms with Crippen molar-refractivity contribution in [3.05, 3.63) is 36.5 Å². The molecule has 0 spiro atoms. The lowest BCUT2D eigenvalue weighted by molar-refractivity contribution is -0.875. The Morgan fingerprint density at radius 1 is 1.26 bits per heavy atom. The third-order valence-corrected chi connectivity index (χ3v) is 2.29. The molecule has 2 aromatic heterocycles. The lowest BCUT2D eigenvalue weighted by Crippen LogP contribution is -2.39. The second kappa shape index (κ2) is 5.67. The number of rotatable bonds is 4. The summed E-state index contributed by atoms with van der Waals surface area (Å²) in [6, 6.07) is 8.72. The van der Waals surface area contributed by atoms with E-state index in [1.807, 2.05) is 12.1 Å². The van der Waals surface area contributed by atoms with E-state index in [0.717, 1.165) is 0 Å². The van der Waals surface area contributed by atoms with Crippen molar-refractivity contribution in [3.63, 3.8) is 0 Å². The number of aromatic nitrogens is 2. The zero-order valence-corrected chi connectivity index (χ0v) is 10.4. The van der Waals surface area contributed by atoms with Gasteiger partial charge in [0.05, 0.1) is 5.11 Å². The SMILES string of the molecule is C=Nc1nc(N)ccc1N=Nc1cccc[n+]1OC. The number of azo groups is 1. The molecule has 0 aromatic carbocycles. The molecule has 2 aromatic rings. The lowest BCUT2D eigenvalue weighted by atomic mass is 10.4. The molecule has 0 bridgehead atoms. The minimum absolute atomic E-state index is 0.337. The summed E-state index contributed by atoms with van der Waals surface area (Å²) in [6.07, 6.45) is 1.72. The number of hydrogen-bond donors (Lipinski definition) is 1. The molecule has 7 nitrogen and oxygen atoms in total.